The quantitative estimate of drug-likeness (QED) is 0.680. The van der Waals surface area contributed by atoms with E-state index in [1.54, 1.807) is 11.3 Å². The Morgan fingerprint density at radius 3 is 2.88 bits per heavy atom. The van der Waals surface area contributed by atoms with Gasteiger partial charge in [0.15, 0.2) is 0 Å². The summed E-state index contributed by atoms with van der Waals surface area (Å²) in [7, 11) is 0. The highest BCUT2D eigenvalue weighted by molar-refractivity contribution is 7.13. The van der Waals surface area contributed by atoms with Crippen molar-refractivity contribution in [3.8, 4) is 10.8 Å². The maximum absolute atomic E-state index is 12.2. The maximum Gasteiger partial charge on any atom is 0.236 e. The molecular weight excluding hydrogens is 356 g/mol. The first-order valence-corrected chi connectivity index (χ1v) is 9.21. The van der Waals surface area contributed by atoms with Crippen LogP contribution in [-0.2, 0) is 16.6 Å². The molecule has 0 fully saturated rings. The van der Waals surface area contributed by atoms with Crippen LogP contribution in [0.25, 0.3) is 10.8 Å². The van der Waals surface area contributed by atoms with Gasteiger partial charge in [0, 0.05) is 17.0 Å². The molecular formula is C19H19ClN2O2S. The van der Waals surface area contributed by atoms with Crippen molar-refractivity contribution in [3.63, 3.8) is 0 Å². The van der Waals surface area contributed by atoms with Gasteiger partial charge in [-0.05, 0) is 29.1 Å². The second kappa shape index (κ2) is 7.42. The first kappa shape index (κ1) is 17.7. The zero-order valence-electron chi connectivity index (χ0n) is 14.1. The summed E-state index contributed by atoms with van der Waals surface area (Å²) in [4.78, 5) is 17.6. The average molecular weight is 375 g/mol. The van der Waals surface area contributed by atoms with E-state index in [9.17, 15) is 4.79 Å². The Morgan fingerprint density at radius 1 is 1.32 bits per heavy atom. The zero-order valence-corrected chi connectivity index (χ0v) is 15.7. The van der Waals surface area contributed by atoms with Gasteiger partial charge in [-0.2, -0.15) is 0 Å². The van der Waals surface area contributed by atoms with Crippen LogP contribution in [0.5, 0.6) is 0 Å². The van der Waals surface area contributed by atoms with Gasteiger partial charge in [-0.1, -0.05) is 43.6 Å². The summed E-state index contributed by atoms with van der Waals surface area (Å²) in [5, 5.41) is 5.63. The standard InChI is InChI=1S/C19H19ClN2O2S/c1-19(2,13-5-3-6-14(20)9-13)12-21-17(23)10-15-11-24-18(22-15)16-7-4-8-25-16/h3-9,11H,10,12H2,1-2H3,(H,21,23). The van der Waals surface area contributed by atoms with E-state index < -0.39 is 0 Å². The summed E-state index contributed by atoms with van der Waals surface area (Å²) in [6.07, 6.45) is 1.73. The minimum absolute atomic E-state index is 0.0823. The fourth-order valence-electron chi connectivity index (χ4n) is 2.46. The zero-order chi connectivity index (χ0) is 17.9. The van der Waals surface area contributed by atoms with E-state index in [1.807, 2.05) is 41.8 Å². The Labute approximate surface area is 155 Å². The third kappa shape index (κ3) is 4.50. The van der Waals surface area contributed by atoms with Crippen LogP contribution >= 0.6 is 22.9 Å². The fraction of sp³-hybridized carbons (Fsp3) is 0.263. The Bertz CT molecular complexity index is 856. The van der Waals surface area contributed by atoms with Crippen molar-refractivity contribution in [3.05, 3.63) is 64.3 Å². The first-order valence-electron chi connectivity index (χ1n) is 7.95. The first-order chi connectivity index (χ1) is 11.9. The Balaban J connectivity index is 1.58. The van der Waals surface area contributed by atoms with E-state index >= 15 is 0 Å². The SMILES string of the molecule is CC(C)(CNC(=O)Cc1coc(-c2cccs2)n1)c1cccc(Cl)c1. The van der Waals surface area contributed by atoms with Gasteiger partial charge >= 0.3 is 0 Å². The van der Waals surface area contributed by atoms with Crippen molar-refractivity contribution in [2.45, 2.75) is 25.7 Å². The summed E-state index contributed by atoms with van der Waals surface area (Å²) in [5.41, 5.74) is 1.50. The summed E-state index contributed by atoms with van der Waals surface area (Å²) in [5.74, 6) is 0.471. The largest absolute Gasteiger partial charge is 0.444 e. The number of oxazole rings is 1. The summed E-state index contributed by atoms with van der Waals surface area (Å²) < 4.78 is 5.44. The van der Waals surface area contributed by atoms with E-state index in [-0.39, 0.29) is 17.7 Å². The molecule has 0 atom stereocenters. The van der Waals surface area contributed by atoms with Gasteiger partial charge in [-0.25, -0.2) is 4.98 Å². The monoisotopic (exact) mass is 374 g/mol. The van der Waals surface area contributed by atoms with Crippen LogP contribution in [0.4, 0.5) is 0 Å². The molecule has 1 amide bonds. The molecule has 0 aliphatic heterocycles. The number of carbonyl (C=O) groups is 1. The Kier molecular flexibility index (Phi) is 5.25. The topological polar surface area (TPSA) is 55.1 Å². The predicted octanol–water partition coefficient (Wildman–Crippen LogP) is 4.69. The molecule has 0 unspecified atom stereocenters. The van der Waals surface area contributed by atoms with Crippen LogP contribution in [0, 0.1) is 0 Å². The number of nitrogens with one attached hydrogen (secondary N) is 1. The molecule has 2 aromatic heterocycles. The third-order valence-corrected chi connectivity index (χ3v) is 5.05. The number of amides is 1. The molecule has 0 saturated carbocycles. The van der Waals surface area contributed by atoms with Gasteiger partial charge in [0.25, 0.3) is 0 Å². The van der Waals surface area contributed by atoms with E-state index in [2.05, 4.69) is 24.1 Å². The smallest absolute Gasteiger partial charge is 0.236 e. The van der Waals surface area contributed by atoms with Crippen molar-refractivity contribution in [1.29, 1.82) is 0 Å². The molecule has 130 valence electrons. The predicted molar refractivity (Wildman–Crippen MR) is 101 cm³/mol. The normalized spacial score (nSPS) is 11.5. The number of thiophene rings is 1. The average Bonchev–Trinajstić information content (AvgIpc) is 3.24. The molecule has 4 nitrogen and oxygen atoms in total. The molecule has 1 aromatic carbocycles. The molecule has 25 heavy (non-hydrogen) atoms. The number of hydrogen-bond acceptors (Lipinski definition) is 4. The molecule has 0 bridgehead atoms. The van der Waals surface area contributed by atoms with Gasteiger partial charge in [0.2, 0.25) is 11.8 Å². The van der Waals surface area contributed by atoms with E-state index in [4.69, 9.17) is 16.0 Å². The van der Waals surface area contributed by atoms with Crippen molar-refractivity contribution in [2.75, 3.05) is 6.54 Å². The van der Waals surface area contributed by atoms with Gasteiger partial charge in [0.05, 0.1) is 17.0 Å². The maximum atomic E-state index is 12.2. The van der Waals surface area contributed by atoms with Crippen molar-refractivity contribution in [2.24, 2.45) is 0 Å². The van der Waals surface area contributed by atoms with Crippen LogP contribution in [0.1, 0.15) is 25.1 Å². The molecule has 0 spiro atoms. The minimum Gasteiger partial charge on any atom is -0.444 e. The lowest BCUT2D eigenvalue weighted by Gasteiger charge is -2.25. The van der Waals surface area contributed by atoms with Crippen LogP contribution in [0.3, 0.4) is 0 Å². The fourth-order valence-corrected chi connectivity index (χ4v) is 3.31. The molecule has 0 aliphatic rings. The molecule has 0 saturated heterocycles. The van der Waals surface area contributed by atoms with Crippen molar-refractivity contribution in [1.82, 2.24) is 10.3 Å². The lowest BCUT2D eigenvalue weighted by atomic mass is 9.84. The minimum atomic E-state index is -0.216. The molecule has 3 aromatic rings. The molecule has 0 radical (unpaired) electrons. The highest BCUT2D eigenvalue weighted by Gasteiger charge is 2.22. The Hall–Kier alpha value is -2.11. The van der Waals surface area contributed by atoms with Crippen LogP contribution in [0.2, 0.25) is 5.02 Å². The molecule has 1 N–H and O–H groups in total. The number of nitrogens with zero attached hydrogens (tertiary/aromatic N) is 1. The van der Waals surface area contributed by atoms with Gasteiger partial charge in [-0.3, -0.25) is 4.79 Å². The third-order valence-electron chi connectivity index (χ3n) is 3.96. The summed E-state index contributed by atoms with van der Waals surface area (Å²) in [6.45, 7) is 4.66. The van der Waals surface area contributed by atoms with Crippen molar-refractivity contribution < 1.29 is 9.21 Å². The number of hydrogen-bond donors (Lipinski definition) is 1. The molecule has 2 heterocycles. The van der Waals surface area contributed by atoms with E-state index in [0.717, 1.165) is 10.4 Å². The molecule has 6 heteroatoms. The van der Waals surface area contributed by atoms with E-state index in [0.29, 0.717) is 23.2 Å². The molecule has 0 aliphatic carbocycles. The number of aromatic nitrogens is 1. The number of rotatable bonds is 6. The highest BCUT2D eigenvalue weighted by Crippen LogP contribution is 2.25. The van der Waals surface area contributed by atoms with Crippen LogP contribution in [0.15, 0.2) is 52.5 Å². The van der Waals surface area contributed by atoms with Crippen LogP contribution in [-0.4, -0.2) is 17.4 Å². The van der Waals surface area contributed by atoms with Gasteiger partial charge < -0.3 is 9.73 Å². The van der Waals surface area contributed by atoms with E-state index in [1.165, 1.54) is 6.26 Å². The van der Waals surface area contributed by atoms with Gasteiger partial charge in [-0.15, -0.1) is 11.3 Å². The highest BCUT2D eigenvalue weighted by atomic mass is 35.5. The summed E-state index contributed by atoms with van der Waals surface area (Å²) in [6, 6.07) is 11.6. The number of benzene rings is 1. The second-order valence-electron chi connectivity index (χ2n) is 6.47. The molecule has 3 rings (SSSR count). The van der Waals surface area contributed by atoms with Crippen LogP contribution < -0.4 is 5.32 Å². The lowest BCUT2D eigenvalue weighted by molar-refractivity contribution is -0.120. The number of carbonyl (C=O) groups excluding carboxylic acids is 1. The summed E-state index contributed by atoms with van der Waals surface area (Å²) >= 11 is 7.61. The van der Waals surface area contributed by atoms with Crippen molar-refractivity contribution >= 4 is 28.8 Å². The second-order valence-corrected chi connectivity index (χ2v) is 7.85. The number of halogens is 1. The Morgan fingerprint density at radius 2 is 2.16 bits per heavy atom. The lowest BCUT2D eigenvalue weighted by Crippen LogP contribution is -2.37. The van der Waals surface area contributed by atoms with Gasteiger partial charge in [0.1, 0.15) is 6.26 Å².